The molecule has 0 radical (unpaired) electrons. The fourth-order valence-electron chi connectivity index (χ4n) is 4.12. The van der Waals surface area contributed by atoms with Crippen molar-refractivity contribution in [2.24, 2.45) is 0 Å². The van der Waals surface area contributed by atoms with E-state index in [0.29, 0.717) is 33.6 Å². The number of fused-ring (bicyclic) bond motifs is 1. The summed E-state index contributed by atoms with van der Waals surface area (Å²) in [7, 11) is 0. The van der Waals surface area contributed by atoms with Gasteiger partial charge < -0.3 is 14.8 Å². The number of aromatic nitrogens is 2. The highest BCUT2D eigenvalue weighted by molar-refractivity contribution is 7.18. The molecule has 0 fully saturated rings. The Bertz CT molecular complexity index is 1410. The Morgan fingerprint density at radius 2 is 1.74 bits per heavy atom. The number of benzene rings is 3. The van der Waals surface area contributed by atoms with Crippen molar-refractivity contribution in [2.45, 2.75) is 38.6 Å². The first-order chi connectivity index (χ1) is 18.6. The van der Waals surface area contributed by atoms with Crippen LogP contribution in [0.15, 0.2) is 72.8 Å². The maximum atomic E-state index is 13.3. The Kier molecular flexibility index (Phi) is 7.94. The zero-order valence-corrected chi connectivity index (χ0v) is 21.8. The van der Waals surface area contributed by atoms with Crippen molar-refractivity contribution in [1.29, 1.82) is 0 Å². The van der Waals surface area contributed by atoms with E-state index in [9.17, 15) is 9.59 Å². The normalized spacial score (nSPS) is 12.7. The second kappa shape index (κ2) is 11.9. The molecule has 1 aliphatic heterocycles. The first kappa shape index (κ1) is 25.4. The average Bonchev–Trinajstić information content (AvgIpc) is 3.61. The van der Waals surface area contributed by atoms with Crippen molar-refractivity contribution in [3.8, 4) is 22.1 Å². The number of carbonyl (C=O) groups is 2. The standard InChI is InChI=1S/C29H28N4O4S/c1-2-3-7-19-10-12-21(13-11-19)26(34)30-23(16-20-8-5-4-6-9-20)27(35)31-29-33-32-28(38-29)22-14-15-24-25(17-22)37-18-36-24/h4-6,8-15,17,23H,2-3,7,16,18H2,1H3,(H,30,34)(H,31,33,35)/t23-/m1/s1. The first-order valence-electron chi connectivity index (χ1n) is 12.6. The molecule has 4 aromatic rings. The van der Waals surface area contributed by atoms with Crippen LogP contribution >= 0.6 is 11.3 Å². The van der Waals surface area contributed by atoms with Gasteiger partial charge in [0.1, 0.15) is 11.0 Å². The van der Waals surface area contributed by atoms with E-state index in [1.54, 1.807) is 12.1 Å². The van der Waals surface area contributed by atoms with E-state index in [-0.39, 0.29) is 18.6 Å². The maximum absolute atomic E-state index is 13.3. The first-order valence-corrected chi connectivity index (χ1v) is 13.4. The molecule has 0 saturated carbocycles. The van der Waals surface area contributed by atoms with Crippen molar-refractivity contribution in [2.75, 3.05) is 12.1 Å². The Balaban J connectivity index is 1.29. The van der Waals surface area contributed by atoms with Gasteiger partial charge in [-0.3, -0.25) is 14.9 Å². The Morgan fingerprint density at radius 3 is 2.53 bits per heavy atom. The lowest BCUT2D eigenvalue weighted by Crippen LogP contribution is -2.45. The number of amides is 2. The van der Waals surface area contributed by atoms with Crippen LogP contribution in [0.1, 0.15) is 41.3 Å². The molecule has 1 aliphatic rings. The van der Waals surface area contributed by atoms with E-state index in [0.717, 1.165) is 30.4 Å². The smallest absolute Gasteiger partial charge is 0.251 e. The van der Waals surface area contributed by atoms with Gasteiger partial charge in [-0.25, -0.2) is 0 Å². The van der Waals surface area contributed by atoms with E-state index < -0.39 is 6.04 Å². The van der Waals surface area contributed by atoms with Crippen LogP contribution in [0.4, 0.5) is 5.13 Å². The van der Waals surface area contributed by atoms with Crippen LogP contribution in [0.3, 0.4) is 0 Å². The lowest BCUT2D eigenvalue weighted by atomic mass is 10.0. The molecule has 0 bridgehead atoms. The molecular weight excluding hydrogens is 500 g/mol. The van der Waals surface area contributed by atoms with Gasteiger partial charge in [0.25, 0.3) is 5.91 Å². The van der Waals surface area contributed by atoms with Crippen molar-refractivity contribution < 1.29 is 19.1 Å². The number of hydrogen-bond donors (Lipinski definition) is 2. The van der Waals surface area contributed by atoms with Crippen molar-refractivity contribution in [1.82, 2.24) is 15.5 Å². The predicted molar refractivity (Wildman–Crippen MR) is 147 cm³/mol. The summed E-state index contributed by atoms with van der Waals surface area (Å²) < 4.78 is 10.8. The Labute approximate surface area is 225 Å². The van der Waals surface area contributed by atoms with E-state index in [1.807, 2.05) is 60.7 Å². The highest BCUT2D eigenvalue weighted by Crippen LogP contribution is 2.37. The number of unbranched alkanes of at least 4 members (excludes halogenated alkanes) is 1. The molecule has 2 N–H and O–H groups in total. The van der Waals surface area contributed by atoms with Crippen LogP contribution in [0.2, 0.25) is 0 Å². The fourth-order valence-corrected chi connectivity index (χ4v) is 4.86. The lowest BCUT2D eigenvalue weighted by molar-refractivity contribution is -0.118. The van der Waals surface area contributed by atoms with Gasteiger partial charge in [0.2, 0.25) is 17.8 Å². The van der Waals surface area contributed by atoms with Gasteiger partial charge >= 0.3 is 0 Å². The molecule has 5 rings (SSSR count). The zero-order chi connectivity index (χ0) is 26.3. The maximum Gasteiger partial charge on any atom is 0.251 e. The highest BCUT2D eigenvalue weighted by atomic mass is 32.1. The molecule has 1 atom stereocenters. The predicted octanol–water partition coefficient (Wildman–Crippen LogP) is 5.26. The fraction of sp³-hybridized carbons (Fsp3) is 0.241. The molecule has 38 heavy (non-hydrogen) atoms. The summed E-state index contributed by atoms with van der Waals surface area (Å²) >= 11 is 1.24. The number of ether oxygens (including phenoxy) is 2. The summed E-state index contributed by atoms with van der Waals surface area (Å²) in [4.78, 5) is 26.4. The Morgan fingerprint density at radius 1 is 0.947 bits per heavy atom. The molecule has 0 unspecified atom stereocenters. The summed E-state index contributed by atoms with van der Waals surface area (Å²) in [6.45, 7) is 2.34. The quantitative estimate of drug-likeness (QED) is 0.291. The van der Waals surface area contributed by atoms with Crippen molar-refractivity contribution >= 4 is 28.3 Å². The van der Waals surface area contributed by atoms with Gasteiger partial charge in [-0.1, -0.05) is 67.1 Å². The molecule has 2 amide bonds. The summed E-state index contributed by atoms with van der Waals surface area (Å²) in [5, 5.41) is 15.1. The number of anilines is 1. The van der Waals surface area contributed by atoms with Crippen molar-refractivity contribution in [3.63, 3.8) is 0 Å². The minimum atomic E-state index is -0.803. The largest absolute Gasteiger partial charge is 0.454 e. The SMILES string of the molecule is CCCCc1ccc(C(=O)N[C@H](Cc2ccccc2)C(=O)Nc2nnc(-c3ccc4c(c3)OCO4)s2)cc1. The molecule has 8 nitrogen and oxygen atoms in total. The topological polar surface area (TPSA) is 102 Å². The molecule has 0 aliphatic carbocycles. The number of rotatable bonds is 10. The minimum Gasteiger partial charge on any atom is -0.454 e. The molecule has 194 valence electrons. The third-order valence-corrected chi connectivity index (χ3v) is 7.10. The molecule has 1 aromatic heterocycles. The lowest BCUT2D eigenvalue weighted by Gasteiger charge is -2.18. The van der Waals surface area contributed by atoms with E-state index in [4.69, 9.17) is 9.47 Å². The third-order valence-electron chi connectivity index (χ3n) is 6.21. The van der Waals surface area contributed by atoms with Crippen molar-refractivity contribution in [3.05, 3.63) is 89.5 Å². The molecule has 3 aromatic carbocycles. The molecule has 0 spiro atoms. The summed E-state index contributed by atoms with van der Waals surface area (Å²) in [6, 6.07) is 21.8. The number of aryl methyl sites for hydroxylation is 1. The number of hydrogen-bond acceptors (Lipinski definition) is 7. The van der Waals surface area contributed by atoms with Crippen LogP contribution in [-0.4, -0.2) is 34.8 Å². The second-order valence-electron chi connectivity index (χ2n) is 8.99. The highest BCUT2D eigenvalue weighted by Gasteiger charge is 2.24. The molecule has 9 heteroatoms. The number of nitrogens with one attached hydrogen (secondary N) is 2. The van der Waals surface area contributed by atoms with E-state index in [2.05, 4.69) is 27.8 Å². The van der Waals surface area contributed by atoms with Crippen LogP contribution in [0, 0.1) is 0 Å². The van der Waals surface area contributed by atoms with Gasteiger partial charge in [0, 0.05) is 17.5 Å². The van der Waals surface area contributed by atoms with Gasteiger partial charge in [0.15, 0.2) is 11.5 Å². The monoisotopic (exact) mass is 528 g/mol. The van der Waals surface area contributed by atoms with Gasteiger partial charge in [-0.15, -0.1) is 10.2 Å². The third kappa shape index (κ3) is 6.18. The molecule has 2 heterocycles. The van der Waals surface area contributed by atoms with Crippen LogP contribution < -0.4 is 20.1 Å². The summed E-state index contributed by atoms with van der Waals surface area (Å²) in [6.07, 6.45) is 3.53. The molecule has 0 saturated heterocycles. The average molecular weight is 529 g/mol. The zero-order valence-electron chi connectivity index (χ0n) is 21.0. The van der Waals surface area contributed by atoms with Gasteiger partial charge in [-0.05, 0) is 54.3 Å². The van der Waals surface area contributed by atoms with E-state index in [1.165, 1.54) is 16.9 Å². The second-order valence-corrected chi connectivity index (χ2v) is 9.96. The van der Waals surface area contributed by atoms with Crippen LogP contribution in [0.25, 0.3) is 10.6 Å². The van der Waals surface area contributed by atoms with Gasteiger partial charge in [0.05, 0.1) is 0 Å². The number of carbonyl (C=O) groups excluding carboxylic acids is 2. The van der Waals surface area contributed by atoms with Crippen LogP contribution in [0.5, 0.6) is 11.5 Å². The summed E-state index contributed by atoms with van der Waals surface area (Å²) in [5.41, 5.74) is 3.44. The van der Waals surface area contributed by atoms with E-state index >= 15 is 0 Å². The molecular formula is C29H28N4O4S. The van der Waals surface area contributed by atoms with Crippen LogP contribution in [-0.2, 0) is 17.6 Å². The summed E-state index contributed by atoms with van der Waals surface area (Å²) in [5.74, 6) is 0.658. The number of nitrogens with zero attached hydrogens (tertiary/aromatic N) is 2. The Hall–Kier alpha value is -4.24. The van der Waals surface area contributed by atoms with Gasteiger partial charge in [-0.2, -0.15) is 0 Å². The minimum absolute atomic E-state index is 0.188.